The lowest BCUT2D eigenvalue weighted by atomic mass is 10.1. The number of hydrogen-bond donors (Lipinski definition) is 0. The number of benzene rings is 3. The van der Waals surface area contributed by atoms with Crippen LogP contribution in [0.3, 0.4) is 0 Å². The van der Waals surface area contributed by atoms with Gasteiger partial charge in [0, 0.05) is 17.6 Å². The Morgan fingerprint density at radius 3 is 2.61 bits per heavy atom. The van der Waals surface area contributed by atoms with Crippen LogP contribution >= 0.6 is 22.9 Å². The Kier molecular flexibility index (Phi) is 6.52. The van der Waals surface area contributed by atoms with Crippen LogP contribution in [-0.4, -0.2) is 34.5 Å². The van der Waals surface area contributed by atoms with Gasteiger partial charge in [0.15, 0.2) is 0 Å². The Morgan fingerprint density at radius 1 is 1.08 bits per heavy atom. The number of nitrogens with zero attached hydrogens (tertiary/aromatic N) is 4. The third-order valence-corrected chi connectivity index (χ3v) is 8.96. The van der Waals surface area contributed by atoms with Gasteiger partial charge in [-0.05, 0) is 42.3 Å². The summed E-state index contributed by atoms with van der Waals surface area (Å²) in [5, 5.41) is 4.56. The van der Waals surface area contributed by atoms with Gasteiger partial charge in [-0.3, -0.25) is 9.36 Å². The van der Waals surface area contributed by atoms with E-state index in [4.69, 9.17) is 16.1 Å². The van der Waals surface area contributed by atoms with E-state index in [-0.39, 0.29) is 22.2 Å². The molecule has 0 spiro atoms. The molecule has 0 bridgehead atoms. The molecular formula is C25H21ClN4O4S2. The minimum atomic E-state index is -3.88. The minimum absolute atomic E-state index is 0.0716. The van der Waals surface area contributed by atoms with E-state index in [1.165, 1.54) is 19.2 Å². The third kappa shape index (κ3) is 4.60. The van der Waals surface area contributed by atoms with Crippen molar-refractivity contribution in [2.24, 2.45) is 0 Å². The van der Waals surface area contributed by atoms with Crippen LogP contribution in [-0.2, 0) is 23.1 Å². The van der Waals surface area contributed by atoms with Crippen molar-refractivity contribution >= 4 is 43.2 Å². The molecule has 0 radical (unpaired) electrons. The molecular weight excluding hydrogens is 520 g/mol. The fourth-order valence-corrected chi connectivity index (χ4v) is 6.21. The molecule has 2 aromatic heterocycles. The van der Waals surface area contributed by atoms with Gasteiger partial charge in [0.25, 0.3) is 0 Å². The molecule has 2 heterocycles. The molecule has 0 saturated heterocycles. The highest BCUT2D eigenvalue weighted by molar-refractivity contribution is 7.89. The zero-order valence-electron chi connectivity index (χ0n) is 19.4. The first-order valence-electron chi connectivity index (χ1n) is 11.0. The number of aromatic nitrogens is 3. The zero-order valence-corrected chi connectivity index (χ0v) is 21.8. The molecule has 36 heavy (non-hydrogen) atoms. The number of sulfonamides is 1. The molecule has 0 N–H and O–H groups in total. The van der Waals surface area contributed by atoms with Crippen LogP contribution in [0.4, 0.5) is 0 Å². The summed E-state index contributed by atoms with van der Waals surface area (Å²) in [7, 11) is -2.43. The fourth-order valence-electron chi connectivity index (χ4n) is 3.86. The second-order valence-electron chi connectivity index (χ2n) is 8.26. The summed E-state index contributed by atoms with van der Waals surface area (Å²) in [6, 6.07) is 19.6. The van der Waals surface area contributed by atoms with Gasteiger partial charge in [-0.1, -0.05) is 70.6 Å². The highest BCUT2D eigenvalue weighted by Crippen LogP contribution is 2.26. The van der Waals surface area contributed by atoms with Gasteiger partial charge in [-0.15, -0.1) is 0 Å². The Morgan fingerprint density at radius 2 is 1.83 bits per heavy atom. The van der Waals surface area contributed by atoms with Crippen LogP contribution in [0.1, 0.15) is 17.0 Å². The van der Waals surface area contributed by atoms with Crippen molar-refractivity contribution in [3.05, 3.63) is 98.4 Å². The molecule has 0 aliphatic carbocycles. The largest absolute Gasteiger partial charge is 0.338 e. The molecule has 0 fully saturated rings. The third-order valence-electron chi connectivity index (χ3n) is 5.85. The SMILES string of the molecule is Cc1ccccc1-c1noc(CN(C)S(=O)(=O)c2ccc3c(c2)sc(=O)n3Cc2ccccc2Cl)n1. The second-order valence-corrected chi connectivity index (χ2v) is 11.7. The van der Waals surface area contributed by atoms with Gasteiger partial charge in [0.2, 0.25) is 21.7 Å². The van der Waals surface area contributed by atoms with Gasteiger partial charge < -0.3 is 4.52 Å². The molecule has 8 nitrogen and oxygen atoms in total. The van der Waals surface area contributed by atoms with Gasteiger partial charge in [-0.2, -0.15) is 9.29 Å². The quantitative estimate of drug-likeness (QED) is 0.290. The number of thiazole rings is 1. The van der Waals surface area contributed by atoms with Crippen molar-refractivity contribution in [2.45, 2.75) is 24.9 Å². The molecule has 0 amide bonds. The molecule has 0 saturated carbocycles. The summed E-state index contributed by atoms with van der Waals surface area (Å²) in [5.74, 6) is 0.580. The van der Waals surface area contributed by atoms with E-state index in [1.54, 1.807) is 16.7 Å². The highest BCUT2D eigenvalue weighted by Gasteiger charge is 2.25. The van der Waals surface area contributed by atoms with Crippen LogP contribution in [0.2, 0.25) is 5.02 Å². The summed E-state index contributed by atoms with van der Waals surface area (Å²) >= 11 is 7.25. The smallest absolute Gasteiger partial charge is 0.308 e. The number of halogens is 1. The van der Waals surface area contributed by atoms with Crippen LogP contribution in [0.25, 0.3) is 21.6 Å². The maximum atomic E-state index is 13.3. The first-order valence-corrected chi connectivity index (χ1v) is 13.6. The first-order chi connectivity index (χ1) is 17.2. The van der Waals surface area contributed by atoms with Crippen LogP contribution in [0.15, 0.2) is 80.9 Å². The first kappa shape index (κ1) is 24.4. The van der Waals surface area contributed by atoms with Gasteiger partial charge >= 0.3 is 4.87 Å². The van der Waals surface area contributed by atoms with Crippen molar-refractivity contribution in [2.75, 3.05) is 7.05 Å². The van der Waals surface area contributed by atoms with Crippen LogP contribution < -0.4 is 4.87 Å². The molecule has 0 aliphatic heterocycles. The van der Waals surface area contributed by atoms with Crippen molar-refractivity contribution in [3.8, 4) is 11.4 Å². The lowest BCUT2D eigenvalue weighted by Crippen LogP contribution is -2.26. The van der Waals surface area contributed by atoms with E-state index in [0.29, 0.717) is 27.6 Å². The van der Waals surface area contributed by atoms with E-state index in [9.17, 15) is 13.2 Å². The van der Waals surface area contributed by atoms with Crippen LogP contribution in [0.5, 0.6) is 0 Å². The molecule has 5 rings (SSSR count). The molecule has 0 unspecified atom stereocenters. The lowest BCUT2D eigenvalue weighted by molar-refractivity contribution is 0.337. The maximum Gasteiger partial charge on any atom is 0.308 e. The number of aryl methyl sites for hydroxylation is 1. The Labute approximate surface area is 216 Å². The van der Waals surface area contributed by atoms with Crippen LogP contribution in [0, 0.1) is 6.92 Å². The topological polar surface area (TPSA) is 98.3 Å². The average Bonchev–Trinajstić information content (AvgIpc) is 3.44. The summed E-state index contributed by atoms with van der Waals surface area (Å²) in [5.41, 5.74) is 3.26. The number of hydrogen-bond acceptors (Lipinski definition) is 7. The summed E-state index contributed by atoms with van der Waals surface area (Å²) in [6.07, 6.45) is 0. The lowest BCUT2D eigenvalue weighted by Gasteiger charge is -2.15. The monoisotopic (exact) mass is 540 g/mol. The van der Waals surface area contributed by atoms with E-state index in [2.05, 4.69) is 10.1 Å². The number of rotatable bonds is 7. The molecule has 11 heteroatoms. The summed E-state index contributed by atoms with van der Waals surface area (Å²) in [4.78, 5) is 16.9. The van der Waals surface area contributed by atoms with E-state index in [1.807, 2.05) is 49.4 Å². The van der Waals surface area contributed by atoms with Gasteiger partial charge in [-0.25, -0.2) is 8.42 Å². The predicted octanol–water partition coefficient (Wildman–Crippen LogP) is 4.94. The van der Waals surface area contributed by atoms with Crippen molar-refractivity contribution in [3.63, 3.8) is 0 Å². The Balaban J connectivity index is 1.40. The van der Waals surface area contributed by atoms with E-state index in [0.717, 1.165) is 32.3 Å². The highest BCUT2D eigenvalue weighted by atomic mass is 35.5. The Bertz CT molecular complexity index is 1740. The van der Waals surface area contributed by atoms with Crippen molar-refractivity contribution < 1.29 is 12.9 Å². The Hall–Kier alpha value is -3.31. The predicted molar refractivity (Wildman–Crippen MR) is 140 cm³/mol. The second kappa shape index (κ2) is 9.62. The average molecular weight is 541 g/mol. The maximum absolute atomic E-state index is 13.3. The molecule has 0 aliphatic rings. The fraction of sp³-hybridized carbons (Fsp3) is 0.160. The standard InChI is InChI=1S/C25H21ClN4O4S2/c1-16-7-3-5-9-19(16)24-27-23(34-28-24)15-29(2)36(32,33)18-11-12-21-22(13-18)35-25(31)30(21)14-17-8-4-6-10-20(17)26/h3-13H,14-15H2,1-2H3. The molecule has 5 aromatic rings. The van der Waals surface area contributed by atoms with Gasteiger partial charge in [0.05, 0.1) is 28.2 Å². The zero-order chi connectivity index (χ0) is 25.4. The number of fused-ring (bicyclic) bond motifs is 1. The van der Waals surface area contributed by atoms with E-state index >= 15 is 0 Å². The molecule has 184 valence electrons. The summed E-state index contributed by atoms with van der Waals surface area (Å²) < 4.78 is 35.2. The van der Waals surface area contributed by atoms with E-state index < -0.39 is 10.0 Å². The normalized spacial score (nSPS) is 12.0. The van der Waals surface area contributed by atoms with Crippen molar-refractivity contribution in [1.29, 1.82) is 0 Å². The molecule has 0 atom stereocenters. The van der Waals surface area contributed by atoms with Gasteiger partial charge in [0.1, 0.15) is 0 Å². The molecule has 3 aromatic carbocycles. The van der Waals surface area contributed by atoms with Crippen molar-refractivity contribution in [1.82, 2.24) is 19.0 Å². The summed E-state index contributed by atoms with van der Waals surface area (Å²) in [6.45, 7) is 2.14. The minimum Gasteiger partial charge on any atom is -0.338 e.